The molecule has 0 bridgehead atoms. The van der Waals surface area contributed by atoms with Gasteiger partial charge >= 0.3 is 11.9 Å². The molecule has 0 amide bonds. The molecular weight excluding hydrogens is 232 g/mol. The molecule has 0 aliphatic carbocycles. The van der Waals surface area contributed by atoms with Crippen molar-refractivity contribution < 1.29 is 19.8 Å². The van der Waals surface area contributed by atoms with E-state index in [1.54, 1.807) is 0 Å². The van der Waals surface area contributed by atoms with Crippen LogP contribution in [0.2, 0.25) is 0 Å². The molecule has 0 atom stereocenters. The minimum absolute atomic E-state index is 0.247. The molecule has 16 heavy (non-hydrogen) atoms. The Hall–Kier alpha value is -1.47. The third-order valence-corrected chi connectivity index (χ3v) is 2.69. The lowest BCUT2D eigenvalue weighted by Gasteiger charge is -2.15. The first-order valence-corrected chi connectivity index (χ1v) is 5.42. The summed E-state index contributed by atoms with van der Waals surface area (Å²) in [5.41, 5.74) is 0.852. The molecule has 1 aromatic rings. The van der Waals surface area contributed by atoms with Crippen molar-refractivity contribution in [3.63, 3.8) is 0 Å². The minimum atomic E-state index is -1.05. The van der Waals surface area contributed by atoms with E-state index < -0.39 is 11.9 Å². The van der Waals surface area contributed by atoms with Gasteiger partial charge in [0.05, 0.1) is 19.6 Å². The smallest absolute Gasteiger partial charge is 0.317 e. The normalized spacial score (nSPS) is 10.6. The van der Waals surface area contributed by atoms with Gasteiger partial charge in [0, 0.05) is 11.1 Å². The Morgan fingerprint density at radius 3 is 2.31 bits per heavy atom. The molecular formula is C9H12N2O4S. The van der Waals surface area contributed by atoms with Crippen molar-refractivity contribution in [1.82, 2.24) is 9.88 Å². The van der Waals surface area contributed by atoms with Gasteiger partial charge in [-0.2, -0.15) is 0 Å². The van der Waals surface area contributed by atoms with Crippen LogP contribution in [0.3, 0.4) is 0 Å². The Bertz CT molecular complexity index is 375. The van der Waals surface area contributed by atoms with Crippen LogP contribution in [-0.2, 0) is 16.1 Å². The molecule has 2 N–H and O–H groups in total. The lowest BCUT2D eigenvalue weighted by Crippen LogP contribution is -2.33. The highest BCUT2D eigenvalue weighted by molar-refractivity contribution is 7.09. The van der Waals surface area contributed by atoms with Crippen molar-refractivity contribution in [2.24, 2.45) is 0 Å². The number of carboxylic acids is 2. The fourth-order valence-electron chi connectivity index (χ4n) is 1.22. The van der Waals surface area contributed by atoms with Crippen molar-refractivity contribution in [2.45, 2.75) is 13.5 Å². The second-order valence-corrected chi connectivity index (χ2v) is 4.26. The Kier molecular flexibility index (Phi) is 4.39. The first-order valence-electron chi connectivity index (χ1n) is 4.54. The average molecular weight is 244 g/mol. The van der Waals surface area contributed by atoms with E-state index in [9.17, 15) is 9.59 Å². The Balaban J connectivity index is 2.62. The number of aromatic nitrogens is 1. The van der Waals surface area contributed by atoms with Gasteiger partial charge in [-0.05, 0) is 6.92 Å². The minimum Gasteiger partial charge on any atom is -0.480 e. The third-order valence-electron chi connectivity index (χ3n) is 1.74. The highest BCUT2D eigenvalue weighted by atomic mass is 32.1. The van der Waals surface area contributed by atoms with Crippen LogP contribution in [0.5, 0.6) is 0 Å². The fraction of sp³-hybridized carbons (Fsp3) is 0.444. The number of aliphatic carboxylic acids is 2. The number of carbonyl (C=O) groups is 2. The van der Waals surface area contributed by atoms with E-state index in [1.165, 1.54) is 16.2 Å². The average Bonchev–Trinajstić information content (AvgIpc) is 2.48. The molecule has 0 spiro atoms. The van der Waals surface area contributed by atoms with Crippen LogP contribution in [0.1, 0.15) is 10.7 Å². The van der Waals surface area contributed by atoms with E-state index in [4.69, 9.17) is 10.2 Å². The molecule has 0 saturated heterocycles. The van der Waals surface area contributed by atoms with Gasteiger partial charge < -0.3 is 10.2 Å². The molecule has 0 unspecified atom stereocenters. The van der Waals surface area contributed by atoms with Gasteiger partial charge in [-0.25, -0.2) is 4.98 Å². The molecule has 0 aliphatic heterocycles. The molecule has 1 rings (SSSR count). The Morgan fingerprint density at radius 1 is 1.38 bits per heavy atom. The molecule has 1 aromatic heterocycles. The van der Waals surface area contributed by atoms with Crippen LogP contribution in [0, 0.1) is 6.92 Å². The molecule has 0 saturated carbocycles. The van der Waals surface area contributed by atoms with E-state index in [0.29, 0.717) is 0 Å². The Labute approximate surface area is 96.2 Å². The standard InChI is InChI=1S/C9H12N2O4S/c1-6-5-16-7(10-6)2-11(3-8(12)13)4-9(14)15/h5H,2-4H2,1H3,(H,12,13)(H,14,15). The fourth-order valence-corrected chi connectivity index (χ4v) is 2.03. The summed E-state index contributed by atoms with van der Waals surface area (Å²) in [5.74, 6) is -2.09. The third kappa shape index (κ3) is 4.37. The summed E-state index contributed by atoms with van der Waals surface area (Å²) in [6.07, 6.45) is 0. The van der Waals surface area contributed by atoms with Crippen LogP contribution in [0.15, 0.2) is 5.38 Å². The number of hydrogen-bond donors (Lipinski definition) is 2. The second-order valence-electron chi connectivity index (χ2n) is 3.32. The summed E-state index contributed by atoms with van der Waals surface area (Å²) in [6.45, 7) is 1.48. The van der Waals surface area contributed by atoms with Crippen LogP contribution in [0.4, 0.5) is 0 Å². The summed E-state index contributed by atoms with van der Waals surface area (Å²) in [7, 11) is 0. The monoisotopic (exact) mass is 244 g/mol. The van der Waals surface area contributed by atoms with Crippen LogP contribution >= 0.6 is 11.3 Å². The maximum Gasteiger partial charge on any atom is 0.317 e. The van der Waals surface area contributed by atoms with Gasteiger partial charge in [0.25, 0.3) is 0 Å². The number of hydrogen-bond acceptors (Lipinski definition) is 5. The number of thiazole rings is 1. The second kappa shape index (κ2) is 5.57. The molecule has 6 nitrogen and oxygen atoms in total. The van der Waals surface area contributed by atoms with Crippen LogP contribution in [-0.4, -0.2) is 45.1 Å². The molecule has 0 aromatic carbocycles. The predicted octanol–water partition coefficient (Wildman–Crippen LogP) is 0.423. The number of carboxylic acid groups (broad SMARTS) is 2. The quantitative estimate of drug-likeness (QED) is 0.753. The topological polar surface area (TPSA) is 90.7 Å². The van der Waals surface area contributed by atoms with E-state index >= 15 is 0 Å². The zero-order valence-corrected chi connectivity index (χ0v) is 9.53. The van der Waals surface area contributed by atoms with Gasteiger partial charge in [-0.3, -0.25) is 14.5 Å². The van der Waals surface area contributed by atoms with E-state index in [1.807, 2.05) is 12.3 Å². The van der Waals surface area contributed by atoms with Gasteiger partial charge in [0.15, 0.2) is 0 Å². The van der Waals surface area contributed by atoms with E-state index in [0.717, 1.165) is 10.7 Å². The summed E-state index contributed by atoms with van der Waals surface area (Å²) < 4.78 is 0. The van der Waals surface area contributed by atoms with Crippen molar-refractivity contribution in [1.29, 1.82) is 0 Å². The number of aryl methyl sites for hydroxylation is 1. The molecule has 0 fully saturated rings. The van der Waals surface area contributed by atoms with Crippen LogP contribution in [0.25, 0.3) is 0 Å². The first kappa shape index (κ1) is 12.6. The van der Waals surface area contributed by atoms with Gasteiger partial charge in [0.2, 0.25) is 0 Å². The summed E-state index contributed by atoms with van der Waals surface area (Å²) in [4.78, 5) is 26.5. The predicted molar refractivity (Wildman–Crippen MR) is 57.4 cm³/mol. The van der Waals surface area contributed by atoms with E-state index in [2.05, 4.69) is 4.98 Å². The maximum absolute atomic E-state index is 10.5. The molecule has 1 heterocycles. The first-order chi connectivity index (χ1) is 7.47. The summed E-state index contributed by atoms with van der Waals surface area (Å²) in [6, 6.07) is 0. The van der Waals surface area contributed by atoms with Crippen molar-refractivity contribution in [2.75, 3.05) is 13.1 Å². The Morgan fingerprint density at radius 2 is 1.94 bits per heavy atom. The molecule has 0 aliphatic rings. The van der Waals surface area contributed by atoms with Crippen molar-refractivity contribution >= 4 is 23.3 Å². The number of rotatable bonds is 6. The lowest BCUT2D eigenvalue weighted by molar-refractivity contribution is -0.142. The molecule has 88 valence electrons. The molecule has 0 radical (unpaired) electrons. The van der Waals surface area contributed by atoms with Crippen molar-refractivity contribution in [3.05, 3.63) is 16.1 Å². The SMILES string of the molecule is Cc1csc(CN(CC(=O)O)CC(=O)O)n1. The van der Waals surface area contributed by atoms with Crippen molar-refractivity contribution in [3.8, 4) is 0 Å². The summed E-state index contributed by atoms with van der Waals surface area (Å²) >= 11 is 1.39. The number of nitrogens with zero attached hydrogens (tertiary/aromatic N) is 2. The zero-order chi connectivity index (χ0) is 12.1. The van der Waals surface area contributed by atoms with Gasteiger partial charge in [0.1, 0.15) is 5.01 Å². The van der Waals surface area contributed by atoms with Gasteiger partial charge in [-0.1, -0.05) is 0 Å². The summed E-state index contributed by atoms with van der Waals surface area (Å²) in [5, 5.41) is 19.8. The van der Waals surface area contributed by atoms with Crippen LogP contribution < -0.4 is 0 Å². The molecule has 7 heteroatoms. The lowest BCUT2D eigenvalue weighted by atomic mass is 10.4. The highest BCUT2D eigenvalue weighted by Crippen LogP contribution is 2.11. The maximum atomic E-state index is 10.5. The highest BCUT2D eigenvalue weighted by Gasteiger charge is 2.15. The van der Waals surface area contributed by atoms with E-state index in [-0.39, 0.29) is 19.6 Å². The zero-order valence-electron chi connectivity index (χ0n) is 8.71. The largest absolute Gasteiger partial charge is 0.480 e. The van der Waals surface area contributed by atoms with Gasteiger partial charge in [-0.15, -0.1) is 11.3 Å².